The van der Waals surface area contributed by atoms with Gasteiger partial charge in [-0.25, -0.2) is 4.79 Å². The predicted octanol–water partition coefficient (Wildman–Crippen LogP) is 2.27. The number of amides is 1. The van der Waals surface area contributed by atoms with Crippen molar-refractivity contribution >= 4 is 23.2 Å². The van der Waals surface area contributed by atoms with E-state index >= 15 is 0 Å². The second-order valence-corrected chi connectivity index (χ2v) is 6.17. The third-order valence-electron chi connectivity index (χ3n) is 3.34. The van der Waals surface area contributed by atoms with Gasteiger partial charge in [-0.15, -0.1) is 11.3 Å². The van der Waals surface area contributed by atoms with E-state index in [4.69, 9.17) is 4.74 Å². The van der Waals surface area contributed by atoms with Crippen LogP contribution >= 0.6 is 11.3 Å². The molecule has 0 aliphatic rings. The Morgan fingerprint density at radius 2 is 1.96 bits per heavy atom. The Hall–Kier alpha value is -2.22. The summed E-state index contributed by atoms with van der Waals surface area (Å²) >= 11 is 1.20. The second-order valence-electron chi connectivity index (χ2n) is 5.26. The van der Waals surface area contributed by atoms with Crippen LogP contribution in [-0.2, 0) is 11.3 Å². The van der Waals surface area contributed by atoms with Gasteiger partial charge in [0.1, 0.15) is 18.8 Å². The van der Waals surface area contributed by atoms with Crippen LogP contribution in [0.15, 0.2) is 41.8 Å². The lowest BCUT2D eigenvalue weighted by Gasteiger charge is -2.17. The molecule has 3 N–H and O–H groups in total. The molecule has 2 rings (SSSR count). The van der Waals surface area contributed by atoms with Crippen molar-refractivity contribution in [3.8, 4) is 0 Å². The molecule has 1 amide bonds. The molecule has 0 aliphatic carbocycles. The summed E-state index contributed by atoms with van der Waals surface area (Å²) in [5.41, 5.74) is 1.29. The average molecular weight is 349 g/mol. The van der Waals surface area contributed by atoms with Gasteiger partial charge in [-0.2, -0.15) is 0 Å². The number of carbonyl (C=O) groups excluding carboxylic acids is 2. The fourth-order valence-electron chi connectivity index (χ4n) is 1.99. The number of Topliss-reactive ketones (excluding diaryl/α,β-unsaturated/α-hetero) is 1. The summed E-state index contributed by atoms with van der Waals surface area (Å²) in [6.07, 6.45) is -3.08. The third-order valence-corrected chi connectivity index (χ3v) is 4.39. The van der Waals surface area contributed by atoms with E-state index in [0.717, 1.165) is 5.56 Å². The van der Waals surface area contributed by atoms with Crippen molar-refractivity contribution in [2.75, 3.05) is 6.54 Å². The molecular formula is C17H19NO5S. The lowest BCUT2D eigenvalue weighted by Crippen LogP contribution is -2.35. The summed E-state index contributed by atoms with van der Waals surface area (Å²) < 4.78 is 5.01. The zero-order valence-electron chi connectivity index (χ0n) is 13.1. The molecule has 0 bridgehead atoms. The van der Waals surface area contributed by atoms with Crippen LogP contribution < -0.4 is 5.32 Å². The molecule has 2 aromatic rings. The van der Waals surface area contributed by atoms with Gasteiger partial charge in [0.25, 0.3) is 0 Å². The van der Waals surface area contributed by atoms with E-state index in [9.17, 15) is 19.8 Å². The topological polar surface area (TPSA) is 95.9 Å². The van der Waals surface area contributed by atoms with Crippen LogP contribution in [0, 0.1) is 0 Å². The number of aliphatic hydroxyl groups is 2. The zero-order valence-corrected chi connectivity index (χ0v) is 14.0. The molecule has 128 valence electrons. The number of ether oxygens (including phenoxy) is 1. The molecular weight excluding hydrogens is 330 g/mol. The Kier molecular flexibility index (Phi) is 6.48. The highest BCUT2D eigenvalue weighted by Gasteiger charge is 2.21. The van der Waals surface area contributed by atoms with Crippen LogP contribution in [0.4, 0.5) is 4.79 Å². The molecule has 0 saturated heterocycles. The van der Waals surface area contributed by atoms with Crippen LogP contribution in [0.2, 0.25) is 0 Å². The number of nitrogens with one attached hydrogen (secondary N) is 1. The molecule has 0 aliphatic heterocycles. The largest absolute Gasteiger partial charge is 0.445 e. The molecule has 0 fully saturated rings. The summed E-state index contributed by atoms with van der Waals surface area (Å²) in [7, 11) is 0. The molecule has 6 nitrogen and oxygen atoms in total. The Bertz CT molecular complexity index is 685. The summed E-state index contributed by atoms with van der Waals surface area (Å²) in [5, 5.41) is 24.0. The maximum absolute atomic E-state index is 11.6. The minimum atomic E-state index is -1.20. The Morgan fingerprint density at radius 3 is 2.58 bits per heavy atom. The van der Waals surface area contributed by atoms with E-state index in [0.29, 0.717) is 10.4 Å². The predicted molar refractivity (Wildman–Crippen MR) is 89.9 cm³/mol. The number of thiophene rings is 1. The number of alkyl carbamates (subject to hydrolysis) is 1. The second kappa shape index (κ2) is 8.58. The Labute approximate surface area is 143 Å². The molecule has 1 aromatic heterocycles. The average Bonchev–Trinajstić information content (AvgIpc) is 3.08. The number of hydrogen-bond acceptors (Lipinski definition) is 6. The van der Waals surface area contributed by atoms with Crippen molar-refractivity contribution < 1.29 is 24.5 Å². The molecule has 0 saturated carbocycles. The van der Waals surface area contributed by atoms with E-state index in [1.54, 1.807) is 5.38 Å². The molecule has 2 atom stereocenters. The highest BCUT2D eigenvalue weighted by atomic mass is 32.1. The first kappa shape index (κ1) is 18.1. The first-order chi connectivity index (χ1) is 11.5. The zero-order chi connectivity index (χ0) is 17.5. The van der Waals surface area contributed by atoms with Gasteiger partial charge in [-0.3, -0.25) is 4.79 Å². The van der Waals surface area contributed by atoms with Crippen molar-refractivity contribution in [2.24, 2.45) is 0 Å². The van der Waals surface area contributed by atoms with Crippen LogP contribution in [-0.4, -0.2) is 34.7 Å². The number of benzene rings is 1. The van der Waals surface area contributed by atoms with E-state index in [1.807, 2.05) is 30.3 Å². The summed E-state index contributed by atoms with van der Waals surface area (Å²) in [4.78, 5) is 23.4. The lowest BCUT2D eigenvalue weighted by molar-refractivity contribution is 0.0186. The van der Waals surface area contributed by atoms with E-state index < -0.39 is 18.3 Å². The molecule has 0 spiro atoms. The normalized spacial score (nSPS) is 13.1. The minimum absolute atomic E-state index is 0.101. The van der Waals surface area contributed by atoms with Gasteiger partial charge in [0, 0.05) is 6.54 Å². The van der Waals surface area contributed by atoms with Crippen molar-refractivity contribution in [3.63, 3.8) is 0 Å². The van der Waals surface area contributed by atoms with Crippen LogP contribution in [0.3, 0.4) is 0 Å². The highest BCUT2D eigenvalue weighted by Crippen LogP contribution is 2.23. The fourth-order valence-corrected chi connectivity index (χ4v) is 2.83. The highest BCUT2D eigenvalue weighted by molar-refractivity contribution is 7.12. The maximum Gasteiger partial charge on any atom is 0.407 e. The number of ketones is 1. The van der Waals surface area contributed by atoms with Gasteiger partial charge in [0.15, 0.2) is 5.78 Å². The number of aliphatic hydroxyl groups excluding tert-OH is 2. The van der Waals surface area contributed by atoms with Gasteiger partial charge in [0.05, 0.1) is 4.88 Å². The smallest absolute Gasteiger partial charge is 0.407 e. The monoisotopic (exact) mass is 349 g/mol. The number of hydrogen-bond donors (Lipinski definition) is 3. The third kappa shape index (κ3) is 5.16. The molecule has 1 heterocycles. The molecule has 7 heteroatoms. The SMILES string of the molecule is CC(=O)c1cc(C(O)C(O)CNC(=O)OCc2ccccc2)cs1. The maximum atomic E-state index is 11.6. The Morgan fingerprint density at radius 1 is 1.25 bits per heavy atom. The number of rotatable bonds is 7. The van der Waals surface area contributed by atoms with Crippen molar-refractivity contribution in [3.05, 3.63) is 57.8 Å². The first-order valence-corrected chi connectivity index (χ1v) is 8.25. The Balaban J connectivity index is 1.77. The minimum Gasteiger partial charge on any atom is -0.445 e. The van der Waals surface area contributed by atoms with Crippen molar-refractivity contribution in [1.82, 2.24) is 5.32 Å². The van der Waals surface area contributed by atoms with Gasteiger partial charge in [-0.05, 0) is 29.5 Å². The standard InChI is InChI=1S/C17H19NO5S/c1-11(19)15-7-13(10-24-15)16(21)14(20)8-18-17(22)23-9-12-5-3-2-4-6-12/h2-7,10,14,16,20-21H,8-9H2,1H3,(H,18,22). The molecule has 24 heavy (non-hydrogen) atoms. The van der Waals surface area contributed by atoms with Crippen molar-refractivity contribution in [1.29, 1.82) is 0 Å². The summed E-state index contributed by atoms with van der Waals surface area (Å²) in [5.74, 6) is -0.101. The molecule has 0 radical (unpaired) electrons. The first-order valence-electron chi connectivity index (χ1n) is 7.37. The van der Waals surface area contributed by atoms with Gasteiger partial charge in [-0.1, -0.05) is 30.3 Å². The number of carbonyl (C=O) groups is 2. The van der Waals surface area contributed by atoms with Gasteiger partial charge in [0.2, 0.25) is 0 Å². The molecule has 1 aromatic carbocycles. The lowest BCUT2D eigenvalue weighted by atomic mass is 10.1. The molecule has 2 unspecified atom stereocenters. The van der Waals surface area contributed by atoms with E-state index in [-0.39, 0.29) is 18.9 Å². The van der Waals surface area contributed by atoms with Crippen LogP contribution in [0.25, 0.3) is 0 Å². The van der Waals surface area contributed by atoms with Gasteiger partial charge < -0.3 is 20.3 Å². The summed E-state index contributed by atoms with van der Waals surface area (Å²) in [6.45, 7) is 1.39. The van der Waals surface area contributed by atoms with Crippen LogP contribution in [0.1, 0.15) is 33.8 Å². The fraction of sp³-hybridized carbons (Fsp3) is 0.294. The summed E-state index contributed by atoms with van der Waals surface area (Å²) in [6, 6.07) is 10.7. The van der Waals surface area contributed by atoms with E-state index in [1.165, 1.54) is 24.3 Å². The van der Waals surface area contributed by atoms with E-state index in [2.05, 4.69) is 5.32 Å². The van der Waals surface area contributed by atoms with Crippen molar-refractivity contribution in [2.45, 2.75) is 25.7 Å². The van der Waals surface area contributed by atoms with Gasteiger partial charge >= 0.3 is 6.09 Å². The quantitative estimate of drug-likeness (QED) is 0.667. The van der Waals surface area contributed by atoms with Crippen LogP contribution in [0.5, 0.6) is 0 Å².